The molecule has 0 bridgehead atoms. The molecule has 2 heterocycles. The molecular formula is C26H22Cl3FN3O+. The van der Waals surface area contributed by atoms with Crippen LogP contribution < -0.4 is 9.80 Å². The van der Waals surface area contributed by atoms with Crippen LogP contribution in [0.3, 0.4) is 0 Å². The summed E-state index contributed by atoms with van der Waals surface area (Å²) in [5.41, 5.74) is 2.98. The smallest absolute Gasteiger partial charge is 0.151 e. The quantitative estimate of drug-likeness (QED) is 0.374. The number of piperazine rings is 1. The van der Waals surface area contributed by atoms with Crippen molar-refractivity contribution in [3.63, 3.8) is 0 Å². The van der Waals surface area contributed by atoms with E-state index < -0.39 is 0 Å². The Hall–Kier alpha value is -2.57. The molecule has 1 atom stereocenters. The Bertz CT molecular complexity index is 1340. The van der Waals surface area contributed by atoms with Gasteiger partial charge in [-0.25, -0.2) is 4.39 Å². The average Bonchev–Trinajstić information content (AvgIpc) is 2.84. The Kier molecular flexibility index (Phi) is 6.54. The third kappa shape index (κ3) is 4.41. The summed E-state index contributed by atoms with van der Waals surface area (Å²) in [6.07, 6.45) is 1.64. The third-order valence-corrected chi connectivity index (χ3v) is 7.31. The number of anilines is 1. The highest BCUT2D eigenvalue weighted by Crippen LogP contribution is 2.39. The number of fused-ring (bicyclic) bond motifs is 1. The highest BCUT2D eigenvalue weighted by atomic mass is 35.5. The largest absolute Gasteiger partial charge is 0.505 e. The Morgan fingerprint density at radius 3 is 2.35 bits per heavy atom. The lowest BCUT2D eigenvalue weighted by atomic mass is 9.94. The van der Waals surface area contributed by atoms with Gasteiger partial charge in [-0.05, 0) is 60.7 Å². The van der Waals surface area contributed by atoms with Gasteiger partial charge in [0.15, 0.2) is 5.75 Å². The van der Waals surface area contributed by atoms with Gasteiger partial charge in [0, 0.05) is 27.9 Å². The van der Waals surface area contributed by atoms with E-state index >= 15 is 0 Å². The molecule has 0 amide bonds. The standard InChI is InChI=1S/C26H21Cl3FN3O/c27-16-3-8-20(22(28)14-16)25(21-15-23(29)19-2-1-9-31-24(19)26(21)34)33-12-10-32(11-13-33)18-6-4-17(30)5-7-18/h1-9,14-15,25,34H,10-13H2/p+1. The van der Waals surface area contributed by atoms with Crippen molar-refractivity contribution < 1.29 is 14.4 Å². The number of pyridine rings is 1. The van der Waals surface area contributed by atoms with Gasteiger partial charge in [0.25, 0.3) is 0 Å². The van der Waals surface area contributed by atoms with Gasteiger partial charge < -0.3 is 14.9 Å². The molecule has 4 aromatic rings. The van der Waals surface area contributed by atoms with Crippen molar-refractivity contribution in [3.05, 3.63) is 98.9 Å². The number of rotatable bonds is 4. The SMILES string of the molecule is Oc1c(C(c2ccc(Cl)cc2Cl)[NH+]2CCN(c3ccc(F)cc3)CC2)cc(Cl)c2cccnc12. The summed E-state index contributed by atoms with van der Waals surface area (Å²) < 4.78 is 13.4. The molecule has 8 heteroatoms. The van der Waals surface area contributed by atoms with Crippen LogP contribution in [0.4, 0.5) is 10.1 Å². The van der Waals surface area contributed by atoms with Crippen molar-refractivity contribution in [1.82, 2.24) is 4.98 Å². The summed E-state index contributed by atoms with van der Waals surface area (Å²) in [6, 6.07) is 17.2. The number of nitrogens with one attached hydrogen (secondary N) is 1. The van der Waals surface area contributed by atoms with E-state index in [1.165, 1.54) is 17.0 Å². The fraction of sp³-hybridized carbons (Fsp3) is 0.192. The first kappa shape index (κ1) is 23.2. The lowest BCUT2D eigenvalue weighted by molar-refractivity contribution is -0.926. The second-order valence-corrected chi connectivity index (χ2v) is 9.67. The van der Waals surface area contributed by atoms with Gasteiger partial charge in [-0.1, -0.05) is 34.8 Å². The molecule has 1 aliphatic heterocycles. The Morgan fingerprint density at radius 1 is 0.912 bits per heavy atom. The van der Waals surface area contributed by atoms with E-state index in [1.54, 1.807) is 30.5 Å². The van der Waals surface area contributed by atoms with Crippen LogP contribution in [-0.2, 0) is 0 Å². The molecule has 1 saturated heterocycles. The lowest BCUT2D eigenvalue weighted by Gasteiger charge is -2.38. The maximum absolute atomic E-state index is 13.4. The van der Waals surface area contributed by atoms with Crippen LogP contribution >= 0.6 is 34.8 Å². The third-order valence-electron chi connectivity index (χ3n) is 6.44. The van der Waals surface area contributed by atoms with Crippen LogP contribution in [0.1, 0.15) is 17.2 Å². The van der Waals surface area contributed by atoms with Gasteiger partial charge in [-0.15, -0.1) is 0 Å². The van der Waals surface area contributed by atoms with Crippen molar-refractivity contribution in [1.29, 1.82) is 0 Å². The van der Waals surface area contributed by atoms with Crippen LogP contribution in [0.2, 0.25) is 15.1 Å². The molecule has 0 spiro atoms. The summed E-state index contributed by atoms with van der Waals surface area (Å²) in [4.78, 5) is 7.84. The van der Waals surface area contributed by atoms with Gasteiger partial charge in [0.05, 0.1) is 41.8 Å². The van der Waals surface area contributed by atoms with Crippen LogP contribution in [-0.4, -0.2) is 36.3 Å². The van der Waals surface area contributed by atoms with E-state index in [2.05, 4.69) is 9.88 Å². The average molecular weight is 518 g/mol. The molecular weight excluding hydrogens is 496 g/mol. The first-order valence-electron chi connectivity index (χ1n) is 11.0. The van der Waals surface area contributed by atoms with E-state index in [1.807, 2.05) is 24.3 Å². The molecule has 4 nitrogen and oxygen atoms in total. The molecule has 0 radical (unpaired) electrons. The highest BCUT2D eigenvalue weighted by molar-refractivity contribution is 6.36. The molecule has 1 aliphatic rings. The number of benzene rings is 3. The Balaban J connectivity index is 1.55. The summed E-state index contributed by atoms with van der Waals surface area (Å²) in [7, 11) is 0. The maximum atomic E-state index is 13.4. The number of quaternary nitrogens is 1. The number of aromatic nitrogens is 1. The molecule has 34 heavy (non-hydrogen) atoms. The second-order valence-electron chi connectivity index (χ2n) is 8.42. The summed E-state index contributed by atoms with van der Waals surface area (Å²) in [6.45, 7) is 3.09. The van der Waals surface area contributed by atoms with Gasteiger partial charge in [0.2, 0.25) is 0 Å². The minimum atomic E-state index is -0.274. The normalized spacial score (nSPS) is 15.6. The molecule has 0 saturated carbocycles. The topological polar surface area (TPSA) is 40.8 Å². The fourth-order valence-electron chi connectivity index (χ4n) is 4.76. The van der Waals surface area contributed by atoms with E-state index in [-0.39, 0.29) is 17.6 Å². The fourth-order valence-corrected chi connectivity index (χ4v) is 5.55. The monoisotopic (exact) mass is 516 g/mol. The molecule has 174 valence electrons. The summed E-state index contributed by atoms with van der Waals surface area (Å²) in [5, 5.41) is 13.6. The number of halogens is 4. The molecule has 1 unspecified atom stereocenters. The number of hydrogen-bond acceptors (Lipinski definition) is 3. The van der Waals surface area contributed by atoms with Crippen molar-refractivity contribution in [3.8, 4) is 5.75 Å². The minimum Gasteiger partial charge on any atom is -0.505 e. The lowest BCUT2D eigenvalue weighted by Crippen LogP contribution is -3.15. The van der Waals surface area contributed by atoms with Crippen LogP contribution in [0, 0.1) is 5.82 Å². The maximum Gasteiger partial charge on any atom is 0.151 e. The zero-order valence-electron chi connectivity index (χ0n) is 18.1. The molecule has 1 aromatic heterocycles. The van der Waals surface area contributed by atoms with Crippen LogP contribution in [0.15, 0.2) is 66.9 Å². The number of hydrogen-bond donors (Lipinski definition) is 2. The van der Waals surface area contributed by atoms with Crippen molar-refractivity contribution in [2.45, 2.75) is 6.04 Å². The predicted molar refractivity (Wildman–Crippen MR) is 136 cm³/mol. The molecule has 1 fully saturated rings. The number of phenolic OH excluding ortho intramolecular Hbond substituents is 1. The number of aromatic hydroxyl groups is 1. The van der Waals surface area contributed by atoms with Crippen LogP contribution in [0.25, 0.3) is 10.9 Å². The zero-order chi connectivity index (χ0) is 23.8. The first-order valence-corrected chi connectivity index (χ1v) is 12.1. The second kappa shape index (κ2) is 9.59. The van der Waals surface area contributed by atoms with Crippen LogP contribution in [0.5, 0.6) is 5.75 Å². The van der Waals surface area contributed by atoms with Gasteiger partial charge in [0.1, 0.15) is 17.4 Å². The summed E-state index contributed by atoms with van der Waals surface area (Å²) >= 11 is 19.5. The minimum absolute atomic E-state index is 0.101. The van der Waals surface area contributed by atoms with E-state index in [0.29, 0.717) is 31.5 Å². The van der Waals surface area contributed by atoms with Gasteiger partial charge >= 0.3 is 0 Å². The van der Waals surface area contributed by atoms with Crippen molar-refractivity contribution >= 4 is 51.4 Å². The molecule has 3 aromatic carbocycles. The Morgan fingerprint density at radius 2 is 1.65 bits per heavy atom. The molecule has 2 N–H and O–H groups in total. The van der Waals surface area contributed by atoms with Crippen molar-refractivity contribution in [2.75, 3.05) is 31.1 Å². The molecule has 5 rings (SSSR count). The number of nitrogens with zero attached hydrogens (tertiary/aromatic N) is 2. The summed E-state index contributed by atoms with van der Waals surface area (Å²) in [5.74, 6) is -0.146. The van der Waals surface area contributed by atoms with Crippen molar-refractivity contribution in [2.24, 2.45) is 0 Å². The highest BCUT2D eigenvalue weighted by Gasteiger charge is 2.34. The van der Waals surface area contributed by atoms with E-state index in [0.717, 1.165) is 37.4 Å². The predicted octanol–water partition coefficient (Wildman–Crippen LogP) is 5.53. The van der Waals surface area contributed by atoms with Gasteiger partial charge in [-0.3, -0.25) is 4.98 Å². The Labute approximate surface area is 212 Å². The van der Waals surface area contributed by atoms with E-state index in [4.69, 9.17) is 34.8 Å². The van der Waals surface area contributed by atoms with E-state index in [9.17, 15) is 9.50 Å². The number of phenols is 1. The zero-order valence-corrected chi connectivity index (χ0v) is 20.4. The molecule has 0 aliphatic carbocycles. The first-order chi connectivity index (χ1) is 16.4. The van der Waals surface area contributed by atoms with Gasteiger partial charge in [-0.2, -0.15) is 0 Å².